The Bertz CT molecular complexity index is 708. The molecule has 1 amide bonds. The number of unbranched alkanes of at least 4 members (excludes halogenated alkanes) is 1. The summed E-state index contributed by atoms with van der Waals surface area (Å²) in [7, 11) is 1.65. The molecule has 1 aliphatic rings. The summed E-state index contributed by atoms with van der Waals surface area (Å²) in [6.45, 7) is 4.85. The maximum atomic E-state index is 12.8. The molecule has 1 fully saturated rings. The van der Waals surface area contributed by atoms with Gasteiger partial charge in [0, 0.05) is 37.9 Å². The minimum absolute atomic E-state index is 0.200. The Balaban J connectivity index is 1.62. The Hall–Kier alpha value is -2.30. The average molecular weight is 355 g/mol. The van der Waals surface area contributed by atoms with Crippen LogP contribution < -0.4 is 4.74 Å². The highest BCUT2D eigenvalue weighted by Gasteiger charge is 2.27. The molecule has 0 radical (unpaired) electrons. The number of rotatable bonds is 7. The molecule has 5 heteroatoms. The van der Waals surface area contributed by atoms with Crippen LogP contribution in [0.5, 0.6) is 5.75 Å². The number of nitrogens with zero attached hydrogens (tertiary/aromatic N) is 3. The van der Waals surface area contributed by atoms with Crippen LogP contribution in [0.25, 0.3) is 0 Å². The Morgan fingerprint density at radius 1 is 1.31 bits per heavy atom. The van der Waals surface area contributed by atoms with Crippen molar-refractivity contribution in [2.45, 2.75) is 51.5 Å². The molecular weight excluding hydrogens is 326 g/mol. The number of imidazole rings is 1. The highest BCUT2D eigenvalue weighted by molar-refractivity contribution is 5.79. The summed E-state index contributed by atoms with van der Waals surface area (Å²) in [5.74, 6) is 2.50. The first-order valence-electron chi connectivity index (χ1n) is 9.63. The fourth-order valence-corrected chi connectivity index (χ4v) is 3.64. The number of benzene rings is 1. The van der Waals surface area contributed by atoms with Gasteiger partial charge >= 0.3 is 0 Å². The minimum atomic E-state index is 0.200. The second kappa shape index (κ2) is 8.88. The summed E-state index contributed by atoms with van der Waals surface area (Å²) in [5, 5.41) is 0. The van der Waals surface area contributed by atoms with Crippen LogP contribution in [0.2, 0.25) is 0 Å². The van der Waals surface area contributed by atoms with Crippen molar-refractivity contribution in [2.75, 3.05) is 20.2 Å². The minimum Gasteiger partial charge on any atom is -0.497 e. The van der Waals surface area contributed by atoms with Crippen LogP contribution in [0, 0.1) is 0 Å². The molecule has 5 nitrogen and oxygen atoms in total. The van der Waals surface area contributed by atoms with Crippen molar-refractivity contribution in [3.05, 3.63) is 48.0 Å². The molecule has 2 heterocycles. The van der Waals surface area contributed by atoms with Crippen LogP contribution in [0.15, 0.2) is 36.7 Å². The van der Waals surface area contributed by atoms with Gasteiger partial charge in [-0.15, -0.1) is 0 Å². The molecule has 3 rings (SSSR count). The second-order valence-corrected chi connectivity index (χ2v) is 7.04. The van der Waals surface area contributed by atoms with E-state index in [1.807, 2.05) is 35.4 Å². The van der Waals surface area contributed by atoms with Gasteiger partial charge in [-0.3, -0.25) is 4.79 Å². The number of carbonyl (C=O) groups is 1. The first-order valence-corrected chi connectivity index (χ1v) is 9.63. The smallest absolute Gasteiger partial charge is 0.227 e. The van der Waals surface area contributed by atoms with Gasteiger partial charge in [-0.2, -0.15) is 0 Å². The van der Waals surface area contributed by atoms with E-state index in [-0.39, 0.29) is 5.91 Å². The molecule has 0 aliphatic carbocycles. The van der Waals surface area contributed by atoms with Gasteiger partial charge in [-0.05, 0) is 37.0 Å². The van der Waals surface area contributed by atoms with E-state index >= 15 is 0 Å². The highest BCUT2D eigenvalue weighted by Crippen LogP contribution is 2.26. The number of hydrogen-bond donors (Lipinski definition) is 0. The SMILES string of the molecule is CCCCn1ccnc1C1CCCN(C(=O)Cc2ccc(OC)cc2)C1. The van der Waals surface area contributed by atoms with Gasteiger partial charge in [0.05, 0.1) is 13.5 Å². The van der Waals surface area contributed by atoms with Crippen molar-refractivity contribution < 1.29 is 9.53 Å². The largest absolute Gasteiger partial charge is 0.497 e. The third-order valence-corrected chi connectivity index (χ3v) is 5.15. The molecule has 0 spiro atoms. The van der Waals surface area contributed by atoms with Crippen molar-refractivity contribution in [3.8, 4) is 5.75 Å². The van der Waals surface area contributed by atoms with Crippen LogP contribution >= 0.6 is 0 Å². The van der Waals surface area contributed by atoms with Crippen molar-refractivity contribution in [2.24, 2.45) is 0 Å². The van der Waals surface area contributed by atoms with Crippen LogP contribution in [0.4, 0.5) is 0 Å². The fraction of sp³-hybridized carbons (Fsp3) is 0.524. The molecule has 1 atom stereocenters. The fourth-order valence-electron chi connectivity index (χ4n) is 3.64. The predicted octanol–water partition coefficient (Wildman–Crippen LogP) is 3.64. The standard InChI is InChI=1S/C21H29N3O2/c1-3-4-12-23-14-11-22-21(23)18-6-5-13-24(16-18)20(25)15-17-7-9-19(26-2)10-8-17/h7-11,14,18H,3-6,12-13,15-16H2,1-2H3. The molecule has 0 saturated carbocycles. The number of methoxy groups -OCH3 is 1. The van der Waals surface area contributed by atoms with Crippen molar-refractivity contribution in [3.63, 3.8) is 0 Å². The molecule has 1 aromatic heterocycles. The Labute approximate surface area is 156 Å². The summed E-state index contributed by atoms with van der Waals surface area (Å²) in [5.41, 5.74) is 1.03. The summed E-state index contributed by atoms with van der Waals surface area (Å²) >= 11 is 0. The zero-order valence-electron chi connectivity index (χ0n) is 15.9. The Kier molecular flexibility index (Phi) is 6.31. The van der Waals surface area contributed by atoms with E-state index in [1.165, 1.54) is 6.42 Å². The molecule has 2 aromatic rings. The molecule has 1 aromatic carbocycles. The number of hydrogen-bond acceptors (Lipinski definition) is 3. The van der Waals surface area contributed by atoms with E-state index in [9.17, 15) is 4.79 Å². The number of aromatic nitrogens is 2. The quantitative estimate of drug-likeness (QED) is 0.762. The van der Waals surface area contributed by atoms with Gasteiger partial charge in [0.1, 0.15) is 11.6 Å². The number of likely N-dealkylation sites (tertiary alicyclic amines) is 1. The molecule has 1 aliphatic heterocycles. The molecule has 0 bridgehead atoms. The summed E-state index contributed by atoms with van der Waals surface area (Å²) in [6, 6.07) is 7.75. The van der Waals surface area contributed by atoms with Gasteiger partial charge in [-0.25, -0.2) is 4.98 Å². The molecule has 140 valence electrons. The van der Waals surface area contributed by atoms with Crippen molar-refractivity contribution in [1.29, 1.82) is 0 Å². The van der Waals surface area contributed by atoms with Crippen molar-refractivity contribution in [1.82, 2.24) is 14.5 Å². The van der Waals surface area contributed by atoms with Crippen LogP contribution in [0.3, 0.4) is 0 Å². The third kappa shape index (κ3) is 4.45. The monoisotopic (exact) mass is 355 g/mol. The van der Waals surface area contributed by atoms with Gasteiger partial charge in [0.25, 0.3) is 0 Å². The van der Waals surface area contributed by atoms with Gasteiger partial charge in [0.2, 0.25) is 5.91 Å². The van der Waals surface area contributed by atoms with E-state index in [4.69, 9.17) is 4.74 Å². The molecule has 1 unspecified atom stereocenters. The maximum absolute atomic E-state index is 12.8. The van der Waals surface area contributed by atoms with E-state index in [0.29, 0.717) is 12.3 Å². The van der Waals surface area contributed by atoms with Crippen LogP contribution in [0.1, 0.15) is 49.9 Å². The molecular formula is C21H29N3O2. The lowest BCUT2D eigenvalue weighted by Crippen LogP contribution is -2.40. The molecule has 1 saturated heterocycles. The van der Waals surface area contributed by atoms with Gasteiger partial charge in [-0.1, -0.05) is 25.5 Å². The first-order chi connectivity index (χ1) is 12.7. The van der Waals surface area contributed by atoms with E-state index in [1.54, 1.807) is 7.11 Å². The van der Waals surface area contributed by atoms with Gasteiger partial charge < -0.3 is 14.2 Å². The lowest BCUT2D eigenvalue weighted by molar-refractivity contribution is -0.131. The Morgan fingerprint density at radius 3 is 2.85 bits per heavy atom. The number of aryl methyl sites for hydroxylation is 1. The highest BCUT2D eigenvalue weighted by atomic mass is 16.5. The topological polar surface area (TPSA) is 47.4 Å². The zero-order valence-corrected chi connectivity index (χ0v) is 15.9. The third-order valence-electron chi connectivity index (χ3n) is 5.15. The van der Waals surface area contributed by atoms with Crippen molar-refractivity contribution >= 4 is 5.91 Å². The summed E-state index contributed by atoms with van der Waals surface area (Å²) < 4.78 is 7.45. The zero-order chi connectivity index (χ0) is 18.4. The molecule has 26 heavy (non-hydrogen) atoms. The maximum Gasteiger partial charge on any atom is 0.227 e. The summed E-state index contributed by atoms with van der Waals surface area (Å²) in [4.78, 5) is 19.4. The Morgan fingerprint density at radius 2 is 2.12 bits per heavy atom. The summed E-state index contributed by atoms with van der Waals surface area (Å²) in [6.07, 6.45) is 8.90. The average Bonchev–Trinajstić information content (AvgIpc) is 3.15. The van der Waals surface area contributed by atoms with E-state index < -0.39 is 0 Å². The van der Waals surface area contributed by atoms with E-state index in [2.05, 4.69) is 22.7 Å². The number of piperidine rings is 1. The number of ether oxygens (including phenoxy) is 1. The lowest BCUT2D eigenvalue weighted by atomic mass is 9.96. The first kappa shape index (κ1) is 18.5. The van der Waals surface area contributed by atoms with Crippen LogP contribution in [-0.2, 0) is 17.8 Å². The van der Waals surface area contributed by atoms with Crippen LogP contribution in [-0.4, -0.2) is 40.6 Å². The normalized spacial score (nSPS) is 17.3. The molecule has 0 N–H and O–H groups in total. The lowest BCUT2D eigenvalue weighted by Gasteiger charge is -2.33. The van der Waals surface area contributed by atoms with Gasteiger partial charge in [0.15, 0.2) is 0 Å². The predicted molar refractivity (Wildman–Crippen MR) is 102 cm³/mol. The number of amides is 1. The van der Waals surface area contributed by atoms with E-state index in [0.717, 1.165) is 56.0 Å². The second-order valence-electron chi connectivity index (χ2n) is 7.04. The number of carbonyl (C=O) groups excluding carboxylic acids is 1.